The maximum Gasteiger partial charge on any atom is 0.191 e. The van der Waals surface area contributed by atoms with Gasteiger partial charge in [-0.1, -0.05) is 12.1 Å². The van der Waals surface area contributed by atoms with Crippen LogP contribution in [0.4, 0.5) is 4.39 Å². The van der Waals surface area contributed by atoms with Crippen LogP contribution in [0, 0.1) is 5.82 Å². The molecule has 3 rings (SSSR count). The highest BCUT2D eigenvalue weighted by atomic mass is 19.1. The molecule has 0 radical (unpaired) electrons. The summed E-state index contributed by atoms with van der Waals surface area (Å²) in [5.74, 6) is 1.36. The Morgan fingerprint density at radius 3 is 2.70 bits per heavy atom. The Balaban J connectivity index is 1.52. The number of benzene rings is 2. The molecule has 0 atom stereocenters. The molecule has 160 valence electrons. The summed E-state index contributed by atoms with van der Waals surface area (Å²) in [5, 5.41) is 7.68. The second-order valence-electron chi connectivity index (χ2n) is 6.86. The Kier molecular flexibility index (Phi) is 8.09. The lowest BCUT2D eigenvalue weighted by Crippen LogP contribution is -2.38. The molecule has 0 aliphatic carbocycles. The minimum atomic E-state index is -0.231. The molecular formula is C23H29FN4O2. The summed E-state index contributed by atoms with van der Waals surface area (Å²) in [6.07, 6.45) is 2.75. The van der Waals surface area contributed by atoms with Gasteiger partial charge in [-0.25, -0.2) is 9.38 Å². The molecule has 30 heavy (non-hydrogen) atoms. The number of nitrogens with zero attached hydrogens (tertiary/aromatic N) is 1. The Bertz CT molecular complexity index is 953. The van der Waals surface area contributed by atoms with E-state index in [9.17, 15) is 4.39 Å². The molecule has 0 saturated heterocycles. The van der Waals surface area contributed by atoms with Crippen LogP contribution in [0.3, 0.4) is 0 Å². The average molecular weight is 413 g/mol. The maximum absolute atomic E-state index is 13.3. The van der Waals surface area contributed by atoms with Gasteiger partial charge in [0.05, 0.1) is 13.2 Å². The maximum atomic E-state index is 13.3. The molecule has 0 saturated carbocycles. The highest BCUT2D eigenvalue weighted by Crippen LogP contribution is 2.19. The molecule has 0 aliphatic heterocycles. The van der Waals surface area contributed by atoms with Crippen LogP contribution < -0.4 is 15.4 Å². The smallest absolute Gasteiger partial charge is 0.191 e. The fourth-order valence-electron chi connectivity index (χ4n) is 3.13. The quantitative estimate of drug-likeness (QED) is 0.270. The van der Waals surface area contributed by atoms with E-state index in [1.54, 1.807) is 7.11 Å². The van der Waals surface area contributed by atoms with Gasteiger partial charge in [0.2, 0.25) is 0 Å². The standard InChI is InChI=1S/C23H29FN4O2/c1-3-25-23(28-15-17-4-7-20(8-5-17)30-13-12-29-2)26-11-10-18-16-27-22-14-19(24)6-9-21(18)22/h4-9,14,16,27H,3,10-13,15H2,1-2H3,(H2,25,26,28). The summed E-state index contributed by atoms with van der Waals surface area (Å²) in [6.45, 7) is 5.22. The lowest BCUT2D eigenvalue weighted by Gasteiger charge is -2.11. The minimum Gasteiger partial charge on any atom is -0.491 e. The molecule has 1 aromatic heterocycles. The predicted octanol–water partition coefficient (Wildman–Crippen LogP) is 3.63. The van der Waals surface area contributed by atoms with Crippen LogP contribution >= 0.6 is 0 Å². The first-order valence-corrected chi connectivity index (χ1v) is 10.2. The minimum absolute atomic E-state index is 0.231. The van der Waals surface area contributed by atoms with Crippen molar-refractivity contribution in [1.29, 1.82) is 0 Å². The van der Waals surface area contributed by atoms with E-state index in [2.05, 4.69) is 20.6 Å². The van der Waals surface area contributed by atoms with Crippen molar-refractivity contribution in [3.8, 4) is 5.75 Å². The van der Waals surface area contributed by atoms with Gasteiger partial charge in [-0.3, -0.25) is 0 Å². The van der Waals surface area contributed by atoms with Crippen LogP contribution in [0.2, 0.25) is 0 Å². The number of aromatic amines is 1. The monoisotopic (exact) mass is 412 g/mol. The number of halogens is 1. The summed E-state index contributed by atoms with van der Waals surface area (Å²) in [5.41, 5.74) is 3.07. The Morgan fingerprint density at radius 2 is 1.93 bits per heavy atom. The fraction of sp³-hybridized carbons (Fsp3) is 0.348. The number of hydrogen-bond donors (Lipinski definition) is 3. The topological polar surface area (TPSA) is 70.7 Å². The van der Waals surface area contributed by atoms with E-state index < -0.39 is 0 Å². The lowest BCUT2D eigenvalue weighted by atomic mass is 10.1. The normalized spacial score (nSPS) is 11.6. The molecule has 0 spiro atoms. The first-order chi connectivity index (χ1) is 14.7. The average Bonchev–Trinajstić information content (AvgIpc) is 3.15. The van der Waals surface area contributed by atoms with E-state index in [4.69, 9.17) is 9.47 Å². The zero-order valence-electron chi connectivity index (χ0n) is 17.5. The van der Waals surface area contributed by atoms with Crippen molar-refractivity contribution in [1.82, 2.24) is 15.6 Å². The molecule has 0 fully saturated rings. The first-order valence-electron chi connectivity index (χ1n) is 10.2. The molecule has 3 N–H and O–H groups in total. The van der Waals surface area contributed by atoms with Gasteiger partial charge >= 0.3 is 0 Å². The van der Waals surface area contributed by atoms with Crippen LogP contribution in [-0.4, -0.2) is 44.4 Å². The highest BCUT2D eigenvalue weighted by molar-refractivity contribution is 5.83. The van der Waals surface area contributed by atoms with Crippen LogP contribution in [-0.2, 0) is 17.7 Å². The lowest BCUT2D eigenvalue weighted by molar-refractivity contribution is 0.146. The number of rotatable bonds is 10. The van der Waals surface area contributed by atoms with Crippen molar-refractivity contribution in [3.63, 3.8) is 0 Å². The van der Waals surface area contributed by atoms with Crippen molar-refractivity contribution < 1.29 is 13.9 Å². The van der Waals surface area contributed by atoms with Crippen molar-refractivity contribution in [2.45, 2.75) is 19.9 Å². The molecule has 0 aliphatic rings. The third kappa shape index (κ3) is 6.22. The van der Waals surface area contributed by atoms with Gasteiger partial charge in [-0.15, -0.1) is 0 Å². The molecular weight excluding hydrogens is 383 g/mol. The highest BCUT2D eigenvalue weighted by Gasteiger charge is 2.05. The van der Waals surface area contributed by atoms with Crippen molar-refractivity contribution >= 4 is 16.9 Å². The summed E-state index contributed by atoms with van der Waals surface area (Å²) in [6, 6.07) is 12.7. The van der Waals surface area contributed by atoms with Gasteiger partial charge in [-0.05, 0) is 54.8 Å². The van der Waals surface area contributed by atoms with Gasteiger partial charge < -0.3 is 25.1 Å². The van der Waals surface area contributed by atoms with E-state index in [1.807, 2.05) is 43.5 Å². The summed E-state index contributed by atoms with van der Waals surface area (Å²) in [4.78, 5) is 7.79. The zero-order valence-corrected chi connectivity index (χ0v) is 17.5. The summed E-state index contributed by atoms with van der Waals surface area (Å²) >= 11 is 0. The number of nitrogens with one attached hydrogen (secondary N) is 3. The second-order valence-corrected chi connectivity index (χ2v) is 6.86. The van der Waals surface area contributed by atoms with Gasteiger partial charge in [0.1, 0.15) is 18.2 Å². The van der Waals surface area contributed by atoms with E-state index in [-0.39, 0.29) is 5.82 Å². The number of aromatic nitrogens is 1. The number of fused-ring (bicyclic) bond motifs is 1. The predicted molar refractivity (Wildman–Crippen MR) is 119 cm³/mol. The SMILES string of the molecule is CCNC(=NCc1ccc(OCCOC)cc1)NCCc1c[nH]c2cc(F)ccc12. The molecule has 6 nitrogen and oxygen atoms in total. The van der Waals surface area contributed by atoms with Gasteiger partial charge in [0.25, 0.3) is 0 Å². The molecule has 0 bridgehead atoms. The van der Waals surface area contributed by atoms with Crippen molar-refractivity contribution in [2.24, 2.45) is 4.99 Å². The number of aliphatic imine (C=N–C) groups is 1. The van der Waals surface area contributed by atoms with E-state index >= 15 is 0 Å². The van der Waals surface area contributed by atoms with Gasteiger partial charge in [0, 0.05) is 37.3 Å². The fourth-order valence-corrected chi connectivity index (χ4v) is 3.13. The third-order valence-electron chi connectivity index (χ3n) is 4.66. The zero-order chi connectivity index (χ0) is 21.2. The number of H-pyrrole nitrogens is 1. The number of hydrogen-bond acceptors (Lipinski definition) is 3. The first kappa shape index (κ1) is 21.6. The summed E-state index contributed by atoms with van der Waals surface area (Å²) in [7, 11) is 1.65. The molecule has 7 heteroatoms. The van der Waals surface area contributed by atoms with Crippen LogP contribution in [0.25, 0.3) is 10.9 Å². The van der Waals surface area contributed by atoms with Crippen molar-refractivity contribution in [3.05, 3.63) is 65.6 Å². The van der Waals surface area contributed by atoms with Crippen LogP contribution in [0.1, 0.15) is 18.1 Å². The van der Waals surface area contributed by atoms with E-state index in [1.165, 1.54) is 12.1 Å². The molecule has 1 heterocycles. The molecule has 0 amide bonds. The number of guanidine groups is 1. The Labute approximate surface area is 176 Å². The van der Waals surface area contributed by atoms with Crippen LogP contribution in [0.15, 0.2) is 53.7 Å². The van der Waals surface area contributed by atoms with Gasteiger partial charge in [0.15, 0.2) is 5.96 Å². The summed E-state index contributed by atoms with van der Waals surface area (Å²) < 4.78 is 23.9. The molecule has 0 unspecified atom stereocenters. The van der Waals surface area contributed by atoms with E-state index in [0.717, 1.165) is 53.2 Å². The molecule has 3 aromatic rings. The third-order valence-corrected chi connectivity index (χ3v) is 4.66. The van der Waals surface area contributed by atoms with Crippen LogP contribution in [0.5, 0.6) is 5.75 Å². The number of ether oxygens (including phenoxy) is 2. The largest absolute Gasteiger partial charge is 0.491 e. The molecule has 2 aromatic carbocycles. The van der Waals surface area contributed by atoms with Crippen molar-refractivity contribution in [2.75, 3.05) is 33.4 Å². The van der Waals surface area contributed by atoms with Gasteiger partial charge in [-0.2, -0.15) is 0 Å². The Morgan fingerprint density at radius 1 is 1.10 bits per heavy atom. The number of methoxy groups -OCH3 is 1. The van der Waals surface area contributed by atoms with E-state index in [0.29, 0.717) is 19.8 Å². The second kappa shape index (κ2) is 11.2. The Hall–Kier alpha value is -3.06.